The maximum Gasteiger partial charge on any atom is 0.159 e. The molecule has 0 bridgehead atoms. The van der Waals surface area contributed by atoms with Crippen molar-refractivity contribution in [1.29, 1.82) is 0 Å². The van der Waals surface area contributed by atoms with Crippen LogP contribution in [0.1, 0.15) is 25.3 Å². The molecule has 0 amide bonds. The Hall–Kier alpha value is -1.42. The first-order valence-electron chi connectivity index (χ1n) is 6.71. The summed E-state index contributed by atoms with van der Waals surface area (Å²) in [4.78, 5) is 0. The molecule has 1 aliphatic rings. The molecule has 19 heavy (non-hydrogen) atoms. The molecule has 0 aromatic heterocycles. The number of nitrogens with one attached hydrogen (secondary N) is 1. The molecule has 1 aromatic carbocycles. The number of hydrogen-bond donors (Lipinski definition) is 1. The average molecular weight is 267 g/mol. The molecule has 2 rings (SSSR count). The zero-order valence-electron chi connectivity index (χ0n) is 11.1. The molecule has 0 spiro atoms. The van der Waals surface area contributed by atoms with Gasteiger partial charge in [-0.25, -0.2) is 8.78 Å². The number of ether oxygens (including phenoxy) is 1. The van der Waals surface area contributed by atoms with Crippen LogP contribution in [0.2, 0.25) is 0 Å². The van der Waals surface area contributed by atoms with Crippen molar-refractivity contribution in [2.75, 3.05) is 13.2 Å². The minimum Gasteiger partial charge on any atom is -0.496 e. The monoisotopic (exact) mass is 267 g/mol. The lowest BCUT2D eigenvalue weighted by Crippen LogP contribution is -2.34. The molecule has 4 heteroatoms. The molecule has 0 saturated heterocycles. The van der Waals surface area contributed by atoms with Crippen LogP contribution in [0.5, 0.6) is 0 Å². The van der Waals surface area contributed by atoms with Crippen molar-refractivity contribution in [1.82, 2.24) is 5.32 Å². The van der Waals surface area contributed by atoms with Crippen LogP contribution in [0.15, 0.2) is 30.0 Å². The van der Waals surface area contributed by atoms with E-state index in [0.29, 0.717) is 13.0 Å². The molecule has 1 N–H and O–H groups in total. The highest BCUT2D eigenvalue weighted by molar-refractivity contribution is 5.21. The van der Waals surface area contributed by atoms with Gasteiger partial charge in [0.1, 0.15) is 5.76 Å². The smallest absolute Gasteiger partial charge is 0.159 e. The van der Waals surface area contributed by atoms with Crippen molar-refractivity contribution in [2.24, 2.45) is 0 Å². The zero-order chi connectivity index (χ0) is 13.7. The molecular weight excluding hydrogens is 248 g/mol. The van der Waals surface area contributed by atoms with Crippen LogP contribution < -0.4 is 5.32 Å². The minimum atomic E-state index is -0.807. The highest BCUT2D eigenvalue weighted by Gasteiger charge is 2.19. The normalized spacial score (nSPS) is 16.1. The fourth-order valence-electron chi connectivity index (χ4n) is 2.17. The van der Waals surface area contributed by atoms with E-state index >= 15 is 0 Å². The lowest BCUT2D eigenvalue weighted by Gasteiger charge is -2.19. The Morgan fingerprint density at radius 2 is 2.16 bits per heavy atom. The first-order chi connectivity index (χ1) is 9.20. The topological polar surface area (TPSA) is 21.3 Å². The van der Waals surface area contributed by atoms with Crippen LogP contribution >= 0.6 is 0 Å². The second kappa shape index (κ2) is 6.66. The number of benzene rings is 1. The van der Waals surface area contributed by atoms with Crippen LogP contribution in [0.4, 0.5) is 8.78 Å². The van der Waals surface area contributed by atoms with Crippen molar-refractivity contribution in [2.45, 2.75) is 32.2 Å². The van der Waals surface area contributed by atoms with Gasteiger partial charge < -0.3 is 10.1 Å². The summed E-state index contributed by atoms with van der Waals surface area (Å²) in [5, 5.41) is 3.38. The predicted molar refractivity (Wildman–Crippen MR) is 70.8 cm³/mol. The molecule has 0 saturated carbocycles. The van der Waals surface area contributed by atoms with Gasteiger partial charge >= 0.3 is 0 Å². The first kappa shape index (κ1) is 14.0. The summed E-state index contributed by atoms with van der Waals surface area (Å²) < 4.78 is 31.7. The van der Waals surface area contributed by atoms with Crippen molar-refractivity contribution in [3.8, 4) is 0 Å². The Bertz CT molecular complexity index is 459. The van der Waals surface area contributed by atoms with Gasteiger partial charge in [0, 0.05) is 6.42 Å². The Balaban J connectivity index is 2.07. The van der Waals surface area contributed by atoms with Gasteiger partial charge in [-0.3, -0.25) is 0 Å². The molecule has 1 atom stereocenters. The summed E-state index contributed by atoms with van der Waals surface area (Å²) in [6.07, 6.45) is 4.59. The van der Waals surface area contributed by atoms with Gasteiger partial charge in [0.15, 0.2) is 11.6 Å². The molecule has 1 heterocycles. The maximum absolute atomic E-state index is 13.2. The summed E-state index contributed by atoms with van der Waals surface area (Å²) in [6.45, 7) is 3.66. The minimum absolute atomic E-state index is 0.0345. The van der Waals surface area contributed by atoms with Gasteiger partial charge in [0.2, 0.25) is 0 Å². The molecule has 0 fully saturated rings. The lowest BCUT2D eigenvalue weighted by atomic mass is 10.0. The summed E-state index contributed by atoms with van der Waals surface area (Å²) in [7, 11) is 0. The fraction of sp³-hybridized carbons (Fsp3) is 0.467. The first-order valence-corrected chi connectivity index (χ1v) is 6.71. The Morgan fingerprint density at radius 3 is 2.79 bits per heavy atom. The third kappa shape index (κ3) is 3.77. The van der Waals surface area contributed by atoms with Gasteiger partial charge in [-0.15, -0.1) is 0 Å². The second-order valence-electron chi connectivity index (χ2n) is 4.70. The summed E-state index contributed by atoms with van der Waals surface area (Å²) in [5.41, 5.74) is 0.768. The molecule has 2 nitrogen and oxygen atoms in total. The Labute approximate surface area is 112 Å². The second-order valence-corrected chi connectivity index (χ2v) is 4.70. The van der Waals surface area contributed by atoms with E-state index in [1.54, 1.807) is 6.07 Å². The molecule has 0 radical (unpaired) electrons. The van der Waals surface area contributed by atoms with Crippen LogP contribution in [0, 0.1) is 11.6 Å². The van der Waals surface area contributed by atoms with Crippen molar-refractivity contribution in [3.05, 3.63) is 47.2 Å². The number of halogens is 2. The largest absolute Gasteiger partial charge is 0.496 e. The van der Waals surface area contributed by atoms with Crippen molar-refractivity contribution < 1.29 is 13.5 Å². The van der Waals surface area contributed by atoms with Crippen LogP contribution in [-0.2, 0) is 11.2 Å². The van der Waals surface area contributed by atoms with Gasteiger partial charge in [-0.2, -0.15) is 0 Å². The fourth-order valence-corrected chi connectivity index (χ4v) is 2.17. The summed E-state index contributed by atoms with van der Waals surface area (Å²) in [5.74, 6) is -0.690. The summed E-state index contributed by atoms with van der Waals surface area (Å²) >= 11 is 0. The molecule has 1 aliphatic heterocycles. The third-order valence-corrected chi connectivity index (χ3v) is 3.14. The quantitative estimate of drug-likeness (QED) is 0.854. The molecular formula is C15H19F2NO. The molecule has 0 aliphatic carbocycles. The summed E-state index contributed by atoms with van der Waals surface area (Å²) in [6, 6.07) is 4.08. The van der Waals surface area contributed by atoms with E-state index in [0.717, 1.165) is 30.7 Å². The van der Waals surface area contributed by atoms with Gasteiger partial charge in [0.25, 0.3) is 0 Å². The zero-order valence-corrected chi connectivity index (χ0v) is 11.1. The van der Waals surface area contributed by atoms with Gasteiger partial charge in [-0.1, -0.05) is 13.0 Å². The molecule has 104 valence electrons. The van der Waals surface area contributed by atoms with Crippen molar-refractivity contribution >= 4 is 0 Å². The van der Waals surface area contributed by atoms with Gasteiger partial charge in [0.05, 0.1) is 12.6 Å². The van der Waals surface area contributed by atoms with E-state index in [2.05, 4.69) is 18.3 Å². The standard InChI is InChI=1S/C15H19F2NO/c1-2-7-18-14(15-4-3-8-19-15)10-11-5-6-12(16)13(17)9-11/h4-6,9,14,18H,2-3,7-8,10H2,1H3. The van der Waals surface area contributed by atoms with E-state index in [-0.39, 0.29) is 6.04 Å². The van der Waals surface area contributed by atoms with E-state index < -0.39 is 11.6 Å². The van der Waals surface area contributed by atoms with E-state index in [1.165, 1.54) is 12.1 Å². The number of hydrogen-bond acceptors (Lipinski definition) is 2. The Morgan fingerprint density at radius 1 is 1.32 bits per heavy atom. The van der Waals surface area contributed by atoms with E-state index in [4.69, 9.17) is 4.74 Å². The maximum atomic E-state index is 13.2. The van der Waals surface area contributed by atoms with Crippen molar-refractivity contribution in [3.63, 3.8) is 0 Å². The SMILES string of the molecule is CCCNC(Cc1ccc(F)c(F)c1)C1=CCCO1. The molecule has 1 aromatic rings. The average Bonchev–Trinajstić information content (AvgIpc) is 2.92. The van der Waals surface area contributed by atoms with Crippen LogP contribution in [0.25, 0.3) is 0 Å². The van der Waals surface area contributed by atoms with E-state index in [1.807, 2.05) is 0 Å². The highest BCUT2D eigenvalue weighted by Crippen LogP contribution is 2.18. The van der Waals surface area contributed by atoms with E-state index in [9.17, 15) is 8.78 Å². The van der Waals surface area contributed by atoms with Gasteiger partial charge in [-0.05, 0) is 43.2 Å². The number of rotatable bonds is 6. The predicted octanol–water partition coefficient (Wildman–Crippen LogP) is 3.18. The lowest BCUT2D eigenvalue weighted by molar-refractivity contribution is 0.214. The molecule has 1 unspecified atom stereocenters. The van der Waals surface area contributed by atoms with Crippen LogP contribution in [0.3, 0.4) is 0 Å². The highest BCUT2D eigenvalue weighted by atomic mass is 19.2. The third-order valence-electron chi connectivity index (χ3n) is 3.14. The van der Waals surface area contributed by atoms with Crippen LogP contribution in [-0.4, -0.2) is 19.2 Å². The Kier molecular flexibility index (Phi) is 4.91.